The summed E-state index contributed by atoms with van der Waals surface area (Å²) in [5.74, 6) is 1.44. The first kappa shape index (κ1) is 19.2. The van der Waals surface area contributed by atoms with Gasteiger partial charge >= 0.3 is 0 Å². The molecule has 1 aliphatic heterocycles. The highest BCUT2D eigenvalue weighted by Crippen LogP contribution is 2.51. The fourth-order valence-electron chi connectivity index (χ4n) is 4.83. The normalized spacial score (nSPS) is 22.2. The second-order valence-corrected chi connectivity index (χ2v) is 10.0. The predicted octanol–water partition coefficient (Wildman–Crippen LogP) is 4.71. The van der Waals surface area contributed by atoms with Gasteiger partial charge in [0.05, 0.1) is 11.6 Å². The molecule has 2 atom stereocenters. The maximum Gasteiger partial charge on any atom is 0.252 e. The van der Waals surface area contributed by atoms with Gasteiger partial charge < -0.3 is 5.32 Å². The molecule has 0 fully saturated rings. The molecule has 0 bridgehead atoms. The van der Waals surface area contributed by atoms with Gasteiger partial charge in [-0.2, -0.15) is 9.78 Å². The van der Waals surface area contributed by atoms with Crippen molar-refractivity contribution in [1.82, 2.24) is 19.7 Å². The van der Waals surface area contributed by atoms with Crippen molar-refractivity contribution in [2.24, 2.45) is 11.3 Å². The van der Waals surface area contributed by atoms with Crippen LogP contribution >= 0.6 is 11.3 Å². The van der Waals surface area contributed by atoms with E-state index in [0.717, 1.165) is 34.2 Å². The van der Waals surface area contributed by atoms with Gasteiger partial charge in [-0.3, -0.25) is 4.79 Å². The van der Waals surface area contributed by atoms with Crippen molar-refractivity contribution in [2.45, 2.75) is 47.0 Å². The topological polar surface area (TPSA) is 72.7 Å². The Hall–Kier alpha value is -2.80. The molecule has 0 amide bonds. The highest BCUT2D eigenvalue weighted by Gasteiger charge is 2.46. The summed E-state index contributed by atoms with van der Waals surface area (Å²) in [7, 11) is 0. The number of aromatic nitrogens is 4. The van der Waals surface area contributed by atoms with E-state index in [-0.39, 0.29) is 23.0 Å². The summed E-state index contributed by atoms with van der Waals surface area (Å²) in [6.45, 7) is 10.2. The highest BCUT2D eigenvalue weighted by atomic mass is 32.1. The fraction of sp³-hybridized carbons (Fsp3) is 0.391. The highest BCUT2D eigenvalue weighted by molar-refractivity contribution is 7.10. The van der Waals surface area contributed by atoms with Crippen LogP contribution in [0.5, 0.6) is 0 Å². The van der Waals surface area contributed by atoms with Crippen LogP contribution in [-0.2, 0) is 4.79 Å². The van der Waals surface area contributed by atoms with Gasteiger partial charge in [-0.15, -0.1) is 11.3 Å². The van der Waals surface area contributed by atoms with Crippen LogP contribution in [-0.4, -0.2) is 25.5 Å². The van der Waals surface area contributed by atoms with Crippen LogP contribution in [0.2, 0.25) is 0 Å². The molecule has 1 N–H and O–H groups in total. The van der Waals surface area contributed by atoms with E-state index in [2.05, 4.69) is 52.7 Å². The van der Waals surface area contributed by atoms with E-state index in [1.54, 1.807) is 16.0 Å². The zero-order chi connectivity index (χ0) is 21.2. The average Bonchev–Trinajstić information content (AvgIpc) is 3.27. The van der Waals surface area contributed by atoms with Gasteiger partial charge in [0, 0.05) is 39.9 Å². The number of anilines is 1. The SMILES string of the molecule is Cc1cc(C)nc(-n2nc(C)c3c2NC2=CC(C)(C)CC(=O)[C@@H]2[C@H]3c2cccs2)n1. The molecule has 154 valence electrons. The zero-order valence-corrected chi connectivity index (χ0v) is 18.7. The summed E-state index contributed by atoms with van der Waals surface area (Å²) in [6, 6.07) is 6.13. The van der Waals surface area contributed by atoms with Crippen molar-refractivity contribution in [1.29, 1.82) is 0 Å². The number of hydrogen-bond acceptors (Lipinski definition) is 6. The van der Waals surface area contributed by atoms with E-state index < -0.39 is 0 Å². The molecule has 0 saturated heterocycles. The summed E-state index contributed by atoms with van der Waals surface area (Å²) in [4.78, 5) is 23.7. The van der Waals surface area contributed by atoms with Gasteiger partial charge in [-0.25, -0.2) is 9.97 Å². The van der Waals surface area contributed by atoms with Crippen molar-refractivity contribution in [3.8, 4) is 5.95 Å². The second-order valence-electron chi connectivity index (χ2n) is 9.04. The number of allylic oxidation sites excluding steroid dienone is 2. The zero-order valence-electron chi connectivity index (χ0n) is 17.9. The largest absolute Gasteiger partial charge is 0.343 e. The molecule has 7 heteroatoms. The van der Waals surface area contributed by atoms with Crippen molar-refractivity contribution >= 4 is 22.9 Å². The summed E-state index contributed by atoms with van der Waals surface area (Å²) in [6.07, 6.45) is 2.77. The van der Waals surface area contributed by atoms with Crippen LogP contribution in [0.25, 0.3) is 5.95 Å². The number of ketones is 1. The quantitative estimate of drug-likeness (QED) is 0.651. The molecule has 1 aliphatic carbocycles. The number of Topliss-reactive ketones (excluding diaryl/α,β-unsaturated/α-hetero) is 1. The monoisotopic (exact) mass is 419 g/mol. The first-order chi connectivity index (χ1) is 14.2. The first-order valence-electron chi connectivity index (χ1n) is 10.2. The maximum absolute atomic E-state index is 13.3. The summed E-state index contributed by atoms with van der Waals surface area (Å²) in [5, 5.41) is 10.5. The minimum absolute atomic E-state index is 0.0456. The average molecular weight is 420 g/mol. The van der Waals surface area contributed by atoms with Crippen molar-refractivity contribution in [2.75, 3.05) is 5.32 Å². The predicted molar refractivity (Wildman–Crippen MR) is 118 cm³/mol. The van der Waals surface area contributed by atoms with Gasteiger partial charge in [0.2, 0.25) is 0 Å². The Morgan fingerprint density at radius 1 is 1.17 bits per heavy atom. The summed E-state index contributed by atoms with van der Waals surface area (Å²) < 4.78 is 1.80. The van der Waals surface area contributed by atoms with Gasteiger partial charge in [-0.1, -0.05) is 26.0 Å². The number of thiophene rings is 1. The third-order valence-electron chi connectivity index (χ3n) is 5.88. The molecule has 30 heavy (non-hydrogen) atoms. The molecule has 4 heterocycles. The first-order valence-corrected chi connectivity index (χ1v) is 11.1. The lowest BCUT2D eigenvalue weighted by atomic mass is 9.68. The second kappa shape index (κ2) is 6.60. The lowest BCUT2D eigenvalue weighted by Crippen LogP contribution is -2.39. The van der Waals surface area contributed by atoms with E-state index in [1.807, 2.05) is 26.8 Å². The standard InChI is InChI=1S/C23H25N5OS/c1-12-9-13(2)25-22(24-12)28-21-18(14(3)27-28)20(17-7-6-8-30-17)19-15(26-21)10-23(4,5)11-16(19)29/h6-10,19-20,26H,11H2,1-5H3/t19-,20+/m1/s1. The molecule has 0 saturated carbocycles. The number of fused-ring (bicyclic) bond motifs is 2. The molecule has 3 aromatic rings. The van der Waals surface area contributed by atoms with Crippen LogP contribution in [0.1, 0.15) is 53.7 Å². The van der Waals surface area contributed by atoms with E-state index in [0.29, 0.717) is 12.4 Å². The smallest absolute Gasteiger partial charge is 0.252 e. The molecular formula is C23H25N5OS. The van der Waals surface area contributed by atoms with Crippen LogP contribution in [0.4, 0.5) is 5.82 Å². The molecule has 6 nitrogen and oxygen atoms in total. The summed E-state index contributed by atoms with van der Waals surface area (Å²) in [5.41, 5.74) is 4.55. The third-order valence-corrected chi connectivity index (χ3v) is 6.84. The minimum Gasteiger partial charge on any atom is -0.343 e. The Morgan fingerprint density at radius 2 is 1.90 bits per heavy atom. The number of hydrogen-bond donors (Lipinski definition) is 1. The van der Waals surface area contributed by atoms with E-state index in [9.17, 15) is 4.79 Å². The Balaban J connectivity index is 1.77. The van der Waals surface area contributed by atoms with Crippen molar-refractivity contribution in [3.05, 3.63) is 62.9 Å². The van der Waals surface area contributed by atoms with Crippen LogP contribution in [0.15, 0.2) is 35.4 Å². The number of rotatable bonds is 2. The molecule has 2 aliphatic rings. The Labute approximate surface area is 180 Å². The fourth-order valence-corrected chi connectivity index (χ4v) is 5.70. The Bertz CT molecular complexity index is 1170. The Morgan fingerprint density at radius 3 is 2.57 bits per heavy atom. The third kappa shape index (κ3) is 2.99. The van der Waals surface area contributed by atoms with Gasteiger partial charge in [0.1, 0.15) is 11.6 Å². The Kier molecular flexibility index (Phi) is 4.22. The lowest BCUT2D eigenvalue weighted by Gasteiger charge is -2.40. The minimum atomic E-state index is -0.208. The molecule has 0 spiro atoms. The number of nitrogens with zero attached hydrogens (tertiary/aromatic N) is 4. The molecular weight excluding hydrogens is 394 g/mol. The van der Waals surface area contributed by atoms with E-state index in [1.165, 1.54) is 4.88 Å². The van der Waals surface area contributed by atoms with Crippen LogP contribution in [0.3, 0.4) is 0 Å². The molecule has 0 radical (unpaired) electrons. The molecule has 0 unspecified atom stereocenters. The number of carbonyl (C=O) groups is 1. The van der Waals surface area contributed by atoms with Gasteiger partial charge in [0.15, 0.2) is 0 Å². The molecule has 5 rings (SSSR count). The van der Waals surface area contributed by atoms with Gasteiger partial charge in [-0.05, 0) is 43.7 Å². The van der Waals surface area contributed by atoms with Crippen LogP contribution < -0.4 is 5.32 Å². The van der Waals surface area contributed by atoms with Gasteiger partial charge in [0.25, 0.3) is 5.95 Å². The van der Waals surface area contributed by atoms with E-state index in [4.69, 9.17) is 5.10 Å². The molecule has 0 aromatic carbocycles. The van der Waals surface area contributed by atoms with Crippen molar-refractivity contribution < 1.29 is 4.79 Å². The van der Waals surface area contributed by atoms with Crippen LogP contribution in [0, 0.1) is 32.1 Å². The number of nitrogens with one attached hydrogen (secondary N) is 1. The van der Waals surface area contributed by atoms with Crippen molar-refractivity contribution in [3.63, 3.8) is 0 Å². The number of carbonyl (C=O) groups excluding carboxylic acids is 1. The summed E-state index contributed by atoms with van der Waals surface area (Å²) >= 11 is 1.69. The number of aryl methyl sites for hydroxylation is 3. The lowest BCUT2D eigenvalue weighted by molar-refractivity contribution is -0.124. The molecule has 3 aromatic heterocycles. The van der Waals surface area contributed by atoms with E-state index >= 15 is 0 Å². The maximum atomic E-state index is 13.3.